The van der Waals surface area contributed by atoms with E-state index in [0.717, 1.165) is 6.42 Å². The van der Waals surface area contributed by atoms with Gasteiger partial charge in [0.1, 0.15) is 0 Å². The van der Waals surface area contributed by atoms with Crippen molar-refractivity contribution >= 4 is 40.8 Å². The Hall–Kier alpha value is -1.52. The number of hydrogen-bond acceptors (Lipinski definition) is 3. The molecule has 102 valence electrons. The average Bonchev–Trinajstić information content (AvgIpc) is 2.38. The predicted molar refractivity (Wildman–Crippen MR) is 75.5 cm³/mol. The van der Waals surface area contributed by atoms with Gasteiger partial charge >= 0.3 is 5.97 Å². The largest absolute Gasteiger partial charge is 0.452 e. The quantitative estimate of drug-likeness (QED) is 0.669. The van der Waals surface area contributed by atoms with Crippen LogP contribution in [0, 0.1) is 0 Å². The molecule has 1 amide bonds. The van der Waals surface area contributed by atoms with Gasteiger partial charge in [0.2, 0.25) is 0 Å². The van der Waals surface area contributed by atoms with Gasteiger partial charge in [0, 0.05) is 11.1 Å². The molecule has 0 saturated carbocycles. The summed E-state index contributed by atoms with van der Waals surface area (Å²) in [6, 6.07) is 4.69. The number of carbonyl (C=O) groups excluding carboxylic acids is 2. The highest BCUT2D eigenvalue weighted by molar-refractivity contribution is 6.35. The fourth-order valence-electron chi connectivity index (χ4n) is 1.18. The number of esters is 1. The first-order valence-corrected chi connectivity index (χ1v) is 6.36. The fourth-order valence-corrected chi connectivity index (χ4v) is 1.52. The van der Waals surface area contributed by atoms with Crippen molar-refractivity contribution in [1.82, 2.24) is 0 Å². The molecule has 0 atom stereocenters. The molecule has 0 unspecified atom stereocenters. The number of ether oxygens (including phenoxy) is 1. The van der Waals surface area contributed by atoms with Crippen LogP contribution in [-0.4, -0.2) is 18.5 Å². The van der Waals surface area contributed by atoms with Gasteiger partial charge in [0.05, 0.1) is 10.7 Å². The highest BCUT2D eigenvalue weighted by Crippen LogP contribution is 2.25. The standard InChI is InChI=1S/C13H13Cl2NO3/c1-2-3-4-13(18)19-8-12(17)16-11-7-9(14)5-6-10(11)15/h3-7H,2,8H2,1H3,(H,16,17)/b4-3+. The molecule has 0 aromatic heterocycles. The Morgan fingerprint density at radius 3 is 2.79 bits per heavy atom. The number of rotatable bonds is 5. The van der Waals surface area contributed by atoms with E-state index in [1.807, 2.05) is 6.92 Å². The molecule has 1 N–H and O–H groups in total. The van der Waals surface area contributed by atoms with Gasteiger partial charge in [-0.15, -0.1) is 0 Å². The summed E-state index contributed by atoms with van der Waals surface area (Å²) in [5.74, 6) is -1.04. The van der Waals surface area contributed by atoms with E-state index >= 15 is 0 Å². The summed E-state index contributed by atoms with van der Waals surface area (Å²) >= 11 is 11.7. The van der Waals surface area contributed by atoms with E-state index in [2.05, 4.69) is 5.32 Å². The third-order valence-corrected chi connectivity index (χ3v) is 2.60. The van der Waals surface area contributed by atoms with E-state index in [1.54, 1.807) is 18.2 Å². The number of allylic oxidation sites excluding steroid dienone is 1. The number of hydrogen-bond donors (Lipinski definition) is 1. The Bertz CT molecular complexity index is 501. The number of anilines is 1. The van der Waals surface area contributed by atoms with Crippen LogP contribution in [0.15, 0.2) is 30.4 Å². The van der Waals surface area contributed by atoms with Crippen molar-refractivity contribution in [2.45, 2.75) is 13.3 Å². The van der Waals surface area contributed by atoms with Crippen LogP contribution in [0.4, 0.5) is 5.69 Å². The summed E-state index contributed by atoms with van der Waals surface area (Å²) in [4.78, 5) is 22.7. The molecule has 0 saturated heterocycles. The fraction of sp³-hybridized carbons (Fsp3) is 0.231. The van der Waals surface area contributed by atoms with Crippen molar-refractivity contribution in [1.29, 1.82) is 0 Å². The van der Waals surface area contributed by atoms with E-state index in [-0.39, 0.29) is 6.61 Å². The van der Waals surface area contributed by atoms with Gasteiger partial charge < -0.3 is 10.1 Å². The van der Waals surface area contributed by atoms with Crippen molar-refractivity contribution in [2.75, 3.05) is 11.9 Å². The van der Waals surface area contributed by atoms with Gasteiger partial charge in [-0.05, 0) is 24.6 Å². The molecule has 1 aromatic carbocycles. The third-order valence-electron chi connectivity index (χ3n) is 2.04. The van der Waals surface area contributed by atoms with Crippen LogP contribution in [0.1, 0.15) is 13.3 Å². The second kappa shape index (κ2) is 7.81. The molecule has 6 heteroatoms. The Balaban J connectivity index is 2.49. The van der Waals surface area contributed by atoms with E-state index in [1.165, 1.54) is 12.1 Å². The molecule has 0 aliphatic heterocycles. The maximum atomic E-state index is 11.5. The Kier molecular flexibility index (Phi) is 6.39. The van der Waals surface area contributed by atoms with Gasteiger partial charge in [0.15, 0.2) is 6.61 Å². The van der Waals surface area contributed by atoms with Crippen LogP contribution in [0.25, 0.3) is 0 Å². The molecule has 0 aliphatic rings. The first-order valence-electron chi connectivity index (χ1n) is 5.61. The van der Waals surface area contributed by atoms with Gasteiger partial charge in [-0.3, -0.25) is 4.79 Å². The number of amides is 1. The first-order chi connectivity index (χ1) is 9.02. The minimum atomic E-state index is -0.561. The van der Waals surface area contributed by atoms with E-state index in [0.29, 0.717) is 15.7 Å². The van der Waals surface area contributed by atoms with Gasteiger partial charge in [0.25, 0.3) is 5.91 Å². The monoisotopic (exact) mass is 301 g/mol. The molecule has 0 spiro atoms. The maximum Gasteiger partial charge on any atom is 0.330 e. The summed E-state index contributed by atoms with van der Waals surface area (Å²) in [6.45, 7) is 1.51. The summed E-state index contributed by atoms with van der Waals surface area (Å²) in [6.07, 6.45) is 3.65. The molecular weight excluding hydrogens is 289 g/mol. The number of halogens is 2. The first kappa shape index (κ1) is 15.5. The zero-order valence-electron chi connectivity index (χ0n) is 10.3. The van der Waals surface area contributed by atoms with Crippen molar-refractivity contribution in [3.05, 3.63) is 40.4 Å². The SMILES string of the molecule is CC/C=C/C(=O)OCC(=O)Nc1cc(Cl)ccc1Cl. The molecule has 1 rings (SSSR count). The topological polar surface area (TPSA) is 55.4 Å². The van der Waals surface area contributed by atoms with Crippen LogP contribution >= 0.6 is 23.2 Å². The normalized spacial score (nSPS) is 10.5. The van der Waals surface area contributed by atoms with Crippen molar-refractivity contribution in [3.8, 4) is 0 Å². The molecule has 4 nitrogen and oxygen atoms in total. The predicted octanol–water partition coefficient (Wildman–Crippen LogP) is 3.44. The van der Waals surface area contributed by atoms with Crippen molar-refractivity contribution in [2.24, 2.45) is 0 Å². The maximum absolute atomic E-state index is 11.5. The third kappa shape index (κ3) is 5.77. The van der Waals surface area contributed by atoms with Crippen LogP contribution in [0.5, 0.6) is 0 Å². The molecule has 0 aliphatic carbocycles. The van der Waals surface area contributed by atoms with Crippen LogP contribution in [-0.2, 0) is 14.3 Å². The lowest BCUT2D eigenvalue weighted by Gasteiger charge is -2.07. The molecule has 19 heavy (non-hydrogen) atoms. The Morgan fingerprint density at radius 2 is 2.11 bits per heavy atom. The summed E-state index contributed by atoms with van der Waals surface area (Å²) in [5, 5.41) is 3.31. The highest BCUT2D eigenvalue weighted by atomic mass is 35.5. The van der Waals surface area contributed by atoms with E-state index in [4.69, 9.17) is 27.9 Å². The van der Waals surface area contributed by atoms with E-state index in [9.17, 15) is 9.59 Å². The lowest BCUT2D eigenvalue weighted by molar-refractivity contribution is -0.142. The van der Waals surface area contributed by atoms with E-state index < -0.39 is 11.9 Å². The zero-order chi connectivity index (χ0) is 14.3. The Labute approximate surface area is 121 Å². The Morgan fingerprint density at radius 1 is 1.37 bits per heavy atom. The second-order valence-electron chi connectivity index (χ2n) is 3.59. The molecule has 0 heterocycles. The smallest absolute Gasteiger partial charge is 0.330 e. The van der Waals surface area contributed by atoms with Crippen molar-refractivity contribution < 1.29 is 14.3 Å². The minimum absolute atomic E-state index is 0.356. The van der Waals surface area contributed by atoms with Crippen molar-refractivity contribution in [3.63, 3.8) is 0 Å². The summed E-state index contributed by atoms with van der Waals surface area (Å²) in [7, 11) is 0. The van der Waals surface area contributed by atoms with Crippen LogP contribution < -0.4 is 5.32 Å². The molecule has 0 radical (unpaired) electrons. The lowest BCUT2D eigenvalue weighted by Crippen LogP contribution is -2.20. The van der Waals surface area contributed by atoms with Gasteiger partial charge in [-0.2, -0.15) is 0 Å². The van der Waals surface area contributed by atoms with Gasteiger partial charge in [-0.1, -0.05) is 36.2 Å². The van der Waals surface area contributed by atoms with Gasteiger partial charge in [-0.25, -0.2) is 4.79 Å². The molecule has 1 aromatic rings. The molecule has 0 bridgehead atoms. The molecule has 0 fully saturated rings. The zero-order valence-corrected chi connectivity index (χ0v) is 11.8. The summed E-state index contributed by atoms with van der Waals surface area (Å²) < 4.78 is 4.73. The number of nitrogens with one attached hydrogen (secondary N) is 1. The van der Waals surface area contributed by atoms with Crippen LogP contribution in [0.3, 0.4) is 0 Å². The minimum Gasteiger partial charge on any atom is -0.452 e. The number of benzene rings is 1. The number of carbonyl (C=O) groups is 2. The molecular formula is C13H13Cl2NO3. The highest BCUT2D eigenvalue weighted by Gasteiger charge is 2.08. The second-order valence-corrected chi connectivity index (χ2v) is 4.43. The summed E-state index contributed by atoms with van der Waals surface area (Å²) in [5.41, 5.74) is 0.374. The van der Waals surface area contributed by atoms with Crippen LogP contribution in [0.2, 0.25) is 10.0 Å². The average molecular weight is 302 g/mol. The lowest BCUT2D eigenvalue weighted by atomic mass is 10.3.